The molecule has 2 aliphatic rings. The van der Waals surface area contributed by atoms with Crippen LogP contribution in [-0.4, -0.2) is 72.0 Å². The molecular formula is C25H35N5OS. The molecule has 0 atom stereocenters. The lowest BCUT2D eigenvalue weighted by molar-refractivity contribution is 0.0793. The third kappa shape index (κ3) is 5.62. The molecule has 0 saturated carbocycles. The van der Waals surface area contributed by atoms with Gasteiger partial charge in [-0.3, -0.25) is 4.79 Å². The van der Waals surface area contributed by atoms with E-state index in [0.29, 0.717) is 0 Å². The molecule has 3 heterocycles. The van der Waals surface area contributed by atoms with E-state index in [1.165, 1.54) is 5.56 Å². The lowest BCUT2D eigenvalue weighted by Crippen LogP contribution is -2.45. The molecule has 2 aliphatic heterocycles. The summed E-state index contributed by atoms with van der Waals surface area (Å²) in [5.74, 6) is 1.97. The third-order valence-corrected chi connectivity index (χ3v) is 7.17. The normalized spacial score (nSPS) is 17.8. The van der Waals surface area contributed by atoms with Crippen molar-refractivity contribution in [2.45, 2.75) is 49.9 Å². The van der Waals surface area contributed by atoms with E-state index < -0.39 is 0 Å². The zero-order valence-electron chi connectivity index (χ0n) is 19.8. The van der Waals surface area contributed by atoms with E-state index in [2.05, 4.69) is 55.8 Å². The number of amides is 1. The van der Waals surface area contributed by atoms with Crippen molar-refractivity contribution in [3.8, 4) is 0 Å². The average Bonchev–Trinajstić information content (AvgIpc) is 3.32. The molecule has 7 heteroatoms. The number of anilines is 1. The summed E-state index contributed by atoms with van der Waals surface area (Å²) in [6.45, 7) is 12.5. The van der Waals surface area contributed by atoms with Crippen LogP contribution in [0.4, 0.5) is 5.82 Å². The Balaban J connectivity index is 1.46. The Kier molecular flexibility index (Phi) is 7.05. The summed E-state index contributed by atoms with van der Waals surface area (Å²) in [5, 5.41) is 0.823. The number of piperazine rings is 1. The van der Waals surface area contributed by atoms with Crippen molar-refractivity contribution in [3.63, 3.8) is 0 Å². The Labute approximate surface area is 196 Å². The molecule has 1 aromatic heterocycles. The lowest BCUT2D eigenvalue weighted by atomic mass is 9.92. The predicted octanol–water partition coefficient (Wildman–Crippen LogP) is 4.05. The second-order valence-corrected chi connectivity index (χ2v) is 10.9. The molecule has 1 amide bonds. The van der Waals surface area contributed by atoms with Crippen molar-refractivity contribution in [2.75, 3.05) is 51.2 Å². The first-order valence-corrected chi connectivity index (χ1v) is 12.6. The highest BCUT2D eigenvalue weighted by Gasteiger charge is 2.22. The first kappa shape index (κ1) is 23.1. The topological polar surface area (TPSA) is 52.6 Å². The van der Waals surface area contributed by atoms with E-state index in [-0.39, 0.29) is 11.3 Å². The number of hydrogen-bond acceptors (Lipinski definition) is 6. The minimum absolute atomic E-state index is 0.0306. The first-order valence-electron chi connectivity index (χ1n) is 11.6. The number of thioether (sulfide) groups is 1. The van der Waals surface area contributed by atoms with Crippen LogP contribution in [0.15, 0.2) is 35.5 Å². The molecular weight excluding hydrogens is 418 g/mol. The van der Waals surface area contributed by atoms with Crippen LogP contribution < -0.4 is 4.90 Å². The number of likely N-dealkylation sites (N-methyl/N-ethyl adjacent to an activating group) is 1. The van der Waals surface area contributed by atoms with Gasteiger partial charge in [0.25, 0.3) is 5.91 Å². The summed E-state index contributed by atoms with van der Waals surface area (Å²) in [4.78, 5) is 29.0. The fourth-order valence-electron chi connectivity index (χ4n) is 4.05. The number of benzene rings is 1. The summed E-state index contributed by atoms with van der Waals surface area (Å²) in [6, 6.07) is 10.2. The Bertz CT molecular complexity index is 926. The van der Waals surface area contributed by atoms with Gasteiger partial charge in [-0.15, -0.1) is 0 Å². The van der Waals surface area contributed by atoms with Crippen LogP contribution in [0.2, 0.25) is 0 Å². The fraction of sp³-hybridized carbons (Fsp3) is 0.560. The quantitative estimate of drug-likeness (QED) is 0.503. The van der Waals surface area contributed by atoms with Gasteiger partial charge in [0, 0.05) is 62.1 Å². The van der Waals surface area contributed by atoms with Gasteiger partial charge in [-0.1, -0.05) is 44.7 Å². The van der Waals surface area contributed by atoms with Gasteiger partial charge >= 0.3 is 0 Å². The molecule has 32 heavy (non-hydrogen) atoms. The molecule has 1 aromatic carbocycles. The standard InChI is InChI=1S/C25H35N5OS/c1-25(2,3)21-17-22(29-15-13-28(4)14-16-29)27-24(26-21)32-18-19-7-9-20(10-8-19)23(31)30-11-5-6-12-30/h7-10,17H,5-6,11-16,18H2,1-4H3. The van der Waals surface area contributed by atoms with Gasteiger partial charge in [0.1, 0.15) is 5.82 Å². The molecule has 172 valence electrons. The van der Waals surface area contributed by atoms with Crippen molar-refractivity contribution in [3.05, 3.63) is 47.2 Å². The van der Waals surface area contributed by atoms with Gasteiger partial charge in [-0.2, -0.15) is 0 Å². The second kappa shape index (κ2) is 9.79. The Morgan fingerprint density at radius 2 is 1.62 bits per heavy atom. The molecule has 4 rings (SSSR count). The maximum absolute atomic E-state index is 12.6. The van der Waals surface area contributed by atoms with Crippen LogP contribution in [0.1, 0.15) is 55.2 Å². The van der Waals surface area contributed by atoms with E-state index in [9.17, 15) is 4.79 Å². The Morgan fingerprint density at radius 3 is 2.25 bits per heavy atom. The van der Waals surface area contributed by atoms with Crippen molar-refractivity contribution in [2.24, 2.45) is 0 Å². The lowest BCUT2D eigenvalue weighted by Gasteiger charge is -2.34. The summed E-state index contributed by atoms with van der Waals surface area (Å²) in [6.07, 6.45) is 2.23. The Morgan fingerprint density at radius 1 is 0.969 bits per heavy atom. The predicted molar refractivity (Wildman–Crippen MR) is 132 cm³/mol. The van der Waals surface area contributed by atoms with E-state index in [0.717, 1.165) is 80.1 Å². The van der Waals surface area contributed by atoms with Gasteiger partial charge in [0.15, 0.2) is 5.16 Å². The average molecular weight is 454 g/mol. The number of rotatable bonds is 5. The van der Waals surface area contributed by atoms with Gasteiger partial charge in [0.2, 0.25) is 0 Å². The van der Waals surface area contributed by atoms with Crippen LogP contribution >= 0.6 is 11.8 Å². The molecule has 2 aromatic rings. The fourth-order valence-corrected chi connectivity index (χ4v) is 4.86. The van der Waals surface area contributed by atoms with Crippen molar-refractivity contribution >= 4 is 23.5 Å². The van der Waals surface area contributed by atoms with Crippen LogP contribution in [0.25, 0.3) is 0 Å². The molecule has 2 fully saturated rings. The van der Waals surface area contributed by atoms with E-state index in [4.69, 9.17) is 9.97 Å². The van der Waals surface area contributed by atoms with E-state index in [1.54, 1.807) is 11.8 Å². The van der Waals surface area contributed by atoms with Crippen LogP contribution in [0.3, 0.4) is 0 Å². The third-order valence-electron chi connectivity index (χ3n) is 6.25. The smallest absolute Gasteiger partial charge is 0.253 e. The highest BCUT2D eigenvalue weighted by molar-refractivity contribution is 7.98. The maximum Gasteiger partial charge on any atom is 0.253 e. The Hall–Kier alpha value is -2.12. The molecule has 0 radical (unpaired) electrons. The van der Waals surface area contributed by atoms with Crippen molar-refractivity contribution in [1.82, 2.24) is 19.8 Å². The molecule has 0 unspecified atom stereocenters. The SMILES string of the molecule is CN1CCN(c2cc(C(C)(C)C)nc(SCc3ccc(C(=O)N4CCCC4)cc3)n2)CC1. The molecule has 0 aliphatic carbocycles. The van der Waals surface area contributed by atoms with E-state index in [1.807, 2.05) is 17.0 Å². The first-order chi connectivity index (χ1) is 15.3. The number of hydrogen-bond donors (Lipinski definition) is 0. The van der Waals surface area contributed by atoms with Crippen LogP contribution in [0.5, 0.6) is 0 Å². The van der Waals surface area contributed by atoms with Gasteiger partial charge in [-0.05, 0) is 37.6 Å². The molecule has 2 saturated heterocycles. The van der Waals surface area contributed by atoms with Crippen molar-refractivity contribution in [1.29, 1.82) is 0 Å². The summed E-state index contributed by atoms with van der Waals surface area (Å²) >= 11 is 1.67. The molecule has 6 nitrogen and oxygen atoms in total. The maximum atomic E-state index is 12.6. The second-order valence-electron chi connectivity index (χ2n) is 9.92. The van der Waals surface area contributed by atoms with Gasteiger partial charge in [0.05, 0.1) is 5.69 Å². The highest BCUT2D eigenvalue weighted by atomic mass is 32.2. The number of aromatic nitrogens is 2. The van der Waals surface area contributed by atoms with Gasteiger partial charge < -0.3 is 14.7 Å². The minimum Gasteiger partial charge on any atom is -0.354 e. The number of carbonyl (C=O) groups is 1. The monoisotopic (exact) mass is 453 g/mol. The number of likely N-dealkylation sites (tertiary alicyclic amines) is 1. The summed E-state index contributed by atoms with van der Waals surface area (Å²) < 4.78 is 0. The molecule has 0 N–H and O–H groups in total. The molecule has 0 spiro atoms. The van der Waals surface area contributed by atoms with Crippen LogP contribution in [0, 0.1) is 0 Å². The highest BCUT2D eigenvalue weighted by Crippen LogP contribution is 2.29. The zero-order chi connectivity index (χ0) is 22.7. The number of nitrogens with zero attached hydrogens (tertiary/aromatic N) is 5. The van der Waals surface area contributed by atoms with Crippen LogP contribution in [-0.2, 0) is 11.2 Å². The molecule has 0 bridgehead atoms. The largest absolute Gasteiger partial charge is 0.354 e. The summed E-state index contributed by atoms with van der Waals surface area (Å²) in [7, 11) is 2.17. The van der Waals surface area contributed by atoms with Crippen molar-refractivity contribution < 1.29 is 4.79 Å². The minimum atomic E-state index is -0.0306. The van der Waals surface area contributed by atoms with Gasteiger partial charge in [-0.25, -0.2) is 9.97 Å². The number of carbonyl (C=O) groups excluding carboxylic acids is 1. The van der Waals surface area contributed by atoms with E-state index >= 15 is 0 Å². The summed E-state index contributed by atoms with van der Waals surface area (Å²) in [5.41, 5.74) is 3.01. The zero-order valence-corrected chi connectivity index (χ0v) is 20.6.